The fourth-order valence-electron chi connectivity index (χ4n) is 2.13. The molecule has 0 saturated heterocycles. The second kappa shape index (κ2) is 12.7. The Morgan fingerprint density at radius 2 is 1.56 bits per heavy atom. The van der Waals surface area contributed by atoms with E-state index < -0.39 is 0 Å². The van der Waals surface area contributed by atoms with Crippen LogP contribution in [0.2, 0.25) is 0 Å². The van der Waals surface area contributed by atoms with Crippen molar-refractivity contribution in [3.63, 3.8) is 0 Å². The minimum atomic E-state index is 0.790. The molecule has 18 heavy (non-hydrogen) atoms. The predicted molar refractivity (Wildman–Crippen MR) is 92.1 cm³/mol. The van der Waals surface area contributed by atoms with Crippen molar-refractivity contribution in [1.29, 1.82) is 0 Å². The zero-order chi connectivity index (χ0) is 13.8. The van der Waals surface area contributed by atoms with Crippen molar-refractivity contribution in [2.75, 3.05) is 5.75 Å². The summed E-state index contributed by atoms with van der Waals surface area (Å²) in [5.74, 6) is 1.36. The molecule has 0 spiro atoms. The van der Waals surface area contributed by atoms with E-state index in [0.29, 0.717) is 0 Å². The minimum absolute atomic E-state index is 0.790. The van der Waals surface area contributed by atoms with E-state index in [1.807, 2.05) is 0 Å². The first kappa shape index (κ1) is 18.7. The topological polar surface area (TPSA) is 0 Å². The smallest absolute Gasteiger partial charge is 0.00495 e. The van der Waals surface area contributed by atoms with E-state index in [1.54, 1.807) is 0 Å². The predicted octanol–water partition coefficient (Wildman–Crippen LogP) is 6.39. The van der Waals surface area contributed by atoms with Gasteiger partial charge in [-0.1, -0.05) is 53.9 Å². The molecule has 0 aromatic carbocycles. The fraction of sp³-hybridized carbons (Fsp3) is 1.00. The Morgan fingerprint density at radius 1 is 0.833 bits per heavy atom. The van der Waals surface area contributed by atoms with Crippen LogP contribution < -0.4 is 0 Å². The van der Waals surface area contributed by atoms with Crippen molar-refractivity contribution >= 4 is 23.5 Å². The second-order valence-electron chi connectivity index (χ2n) is 5.56. The van der Waals surface area contributed by atoms with E-state index in [-0.39, 0.29) is 0 Å². The number of hydrogen-bond donors (Lipinski definition) is 0. The van der Waals surface area contributed by atoms with Crippen LogP contribution in [0, 0.1) is 0 Å². The van der Waals surface area contributed by atoms with Gasteiger partial charge in [0.25, 0.3) is 0 Å². The van der Waals surface area contributed by atoms with Crippen LogP contribution >= 0.6 is 23.5 Å². The van der Waals surface area contributed by atoms with Gasteiger partial charge in [-0.05, 0) is 36.7 Å². The molecule has 0 radical (unpaired) electrons. The average molecular weight is 291 g/mol. The molecular formula is C16H34S2. The van der Waals surface area contributed by atoms with E-state index in [0.717, 1.165) is 15.7 Å². The highest BCUT2D eigenvalue weighted by Gasteiger charge is 2.11. The normalized spacial score (nSPS) is 15.0. The first-order chi connectivity index (χ1) is 8.60. The van der Waals surface area contributed by atoms with E-state index in [1.165, 1.54) is 50.7 Å². The third-order valence-electron chi connectivity index (χ3n) is 3.11. The van der Waals surface area contributed by atoms with Gasteiger partial charge in [-0.3, -0.25) is 0 Å². The first-order valence-electron chi connectivity index (χ1n) is 7.87. The summed E-state index contributed by atoms with van der Waals surface area (Å²) in [5, 5.41) is 2.56. The molecule has 0 aliphatic rings. The monoisotopic (exact) mass is 290 g/mol. The molecule has 0 aliphatic heterocycles. The van der Waals surface area contributed by atoms with Gasteiger partial charge in [0, 0.05) is 10.5 Å². The first-order valence-corrected chi connectivity index (χ1v) is 9.86. The van der Waals surface area contributed by atoms with E-state index in [9.17, 15) is 0 Å². The molecule has 0 bridgehead atoms. The highest BCUT2D eigenvalue weighted by atomic mass is 32.2. The molecule has 0 amide bonds. The molecule has 0 aliphatic carbocycles. The maximum atomic E-state index is 2.41. The average Bonchev–Trinajstić information content (AvgIpc) is 2.29. The molecule has 0 saturated carbocycles. The van der Waals surface area contributed by atoms with Gasteiger partial charge in [-0.25, -0.2) is 0 Å². The van der Waals surface area contributed by atoms with Gasteiger partial charge in [-0.2, -0.15) is 23.5 Å². The van der Waals surface area contributed by atoms with Crippen LogP contribution in [0.5, 0.6) is 0 Å². The van der Waals surface area contributed by atoms with E-state index >= 15 is 0 Å². The lowest BCUT2D eigenvalue weighted by Gasteiger charge is -2.19. The molecule has 110 valence electrons. The maximum absolute atomic E-state index is 2.41. The largest absolute Gasteiger partial charge is 0.159 e. The Kier molecular flexibility index (Phi) is 13.2. The molecule has 2 unspecified atom stereocenters. The Morgan fingerprint density at radius 3 is 2.11 bits per heavy atom. The summed E-state index contributed by atoms with van der Waals surface area (Å²) >= 11 is 4.36. The molecule has 0 aromatic heterocycles. The highest BCUT2D eigenvalue weighted by molar-refractivity contribution is 8.00. The lowest BCUT2D eigenvalue weighted by atomic mass is 10.1. The van der Waals surface area contributed by atoms with Gasteiger partial charge in [0.1, 0.15) is 0 Å². The van der Waals surface area contributed by atoms with E-state index in [4.69, 9.17) is 0 Å². The molecule has 0 nitrogen and oxygen atoms in total. The summed E-state index contributed by atoms with van der Waals surface area (Å²) in [6, 6.07) is 0. The van der Waals surface area contributed by atoms with Crippen LogP contribution in [-0.4, -0.2) is 21.5 Å². The zero-order valence-corrected chi connectivity index (χ0v) is 14.8. The van der Waals surface area contributed by atoms with Gasteiger partial charge in [0.15, 0.2) is 0 Å². The summed E-state index contributed by atoms with van der Waals surface area (Å²) in [4.78, 5) is 0. The molecule has 0 fully saturated rings. The Labute approximate surface area is 124 Å². The number of thioether (sulfide) groups is 2. The third kappa shape index (κ3) is 11.8. The lowest BCUT2D eigenvalue weighted by molar-refractivity contribution is 0.617. The van der Waals surface area contributed by atoms with Crippen LogP contribution in [-0.2, 0) is 0 Å². The number of rotatable bonds is 12. The van der Waals surface area contributed by atoms with Crippen molar-refractivity contribution in [3.05, 3.63) is 0 Å². The van der Waals surface area contributed by atoms with Crippen LogP contribution in [0.4, 0.5) is 0 Å². The summed E-state index contributed by atoms with van der Waals surface area (Å²) in [6.07, 6.45) is 9.72. The molecule has 0 rings (SSSR count). The van der Waals surface area contributed by atoms with Gasteiger partial charge in [0.2, 0.25) is 0 Å². The van der Waals surface area contributed by atoms with Crippen molar-refractivity contribution in [2.45, 2.75) is 95.3 Å². The lowest BCUT2D eigenvalue weighted by Crippen LogP contribution is -2.08. The third-order valence-corrected chi connectivity index (χ3v) is 5.84. The standard InChI is InChI=1S/C16H34S2/c1-6-8-13-17-15(5)11-9-12-16(10-7-2)18-14(3)4/h14-16H,6-13H2,1-5H3. The van der Waals surface area contributed by atoms with Gasteiger partial charge >= 0.3 is 0 Å². The van der Waals surface area contributed by atoms with Crippen molar-refractivity contribution in [2.24, 2.45) is 0 Å². The maximum Gasteiger partial charge on any atom is 0.00495 e. The molecule has 2 atom stereocenters. The SMILES string of the molecule is CCCCSC(C)CCCC(CCC)SC(C)C. The molecule has 0 heterocycles. The quantitative estimate of drug-likeness (QED) is 0.382. The van der Waals surface area contributed by atoms with Crippen LogP contribution in [0.3, 0.4) is 0 Å². The van der Waals surface area contributed by atoms with Crippen LogP contribution in [0.1, 0.15) is 79.6 Å². The van der Waals surface area contributed by atoms with Crippen LogP contribution in [0.15, 0.2) is 0 Å². The van der Waals surface area contributed by atoms with Gasteiger partial charge in [0.05, 0.1) is 0 Å². The molecule has 0 N–H and O–H groups in total. The summed E-state index contributed by atoms with van der Waals surface area (Å²) < 4.78 is 0. The Balaban J connectivity index is 3.63. The minimum Gasteiger partial charge on any atom is -0.159 e. The fourth-order valence-corrected chi connectivity index (χ4v) is 4.77. The van der Waals surface area contributed by atoms with E-state index in [2.05, 4.69) is 58.1 Å². The van der Waals surface area contributed by atoms with Crippen molar-refractivity contribution in [3.8, 4) is 0 Å². The molecule has 0 aromatic rings. The van der Waals surface area contributed by atoms with Crippen molar-refractivity contribution in [1.82, 2.24) is 0 Å². The zero-order valence-electron chi connectivity index (χ0n) is 13.2. The highest BCUT2D eigenvalue weighted by Crippen LogP contribution is 2.27. The van der Waals surface area contributed by atoms with Crippen molar-refractivity contribution < 1.29 is 0 Å². The molecule has 2 heteroatoms. The number of hydrogen-bond acceptors (Lipinski definition) is 2. The van der Waals surface area contributed by atoms with Gasteiger partial charge in [-0.15, -0.1) is 0 Å². The summed E-state index contributed by atoms with van der Waals surface area (Å²) in [7, 11) is 0. The second-order valence-corrected chi connectivity index (χ2v) is 8.99. The van der Waals surface area contributed by atoms with Crippen LogP contribution in [0.25, 0.3) is 0 Å². The summed E-state index contributed by atoms with van der Waals surface area (Å²) in [5.41, 5.74) is 0. The number of unbranched alkanes of at least 4 members (excludes halogenated alkanes) is 1. The Hall–Kier alpha value is 0.700. The van der Waals surface area contributed by atoms with Gasteiger partial charge < -0.3 is 0 Å². The summed E-state index contributed by atoms with van der Waals surface area (Å²) in [6.45, 7) is 11.7. The Bertz CT molecular complexity index is 168. The molecular weight excluding hydrogens is 256 g/mol.